The molecule has 0 aliphatic carbocycles. The number of hydrazine groups is 1. The van der Waals surface area contributed by atoms with Gasteiger partial charge in [-0.3, -0.25) is 28.9 Å². The van der Waals surface area contributed by atoms with Crippen LogP contribution in [0.25, 0.3) is 28.2 Å². The highest BCUT2D eigenvalue weighted by molar-refractivity contribution is 6.31. The predicted molar refractivity (Wildman–Crippen MR) is 181 cm³/mol. The molecule has 1 aromatic carbocycles. The van der Waals surface area contributed by atoms with E-state index < -0.39 is 40.8 Å². The van der Waals surface area contributed by atoms with Crippen LogP contribution in [0.4, 0.5) is 28.9 Å². The maximum Gasteiger partial charge on any atom is 0.432 e. The summed E-state index contributed by atoms with van der Waals surface area (Å²) in [6.07, 6.45) is 2.09. The molecule has 0 fully saturated rings. The van der Waals surface area contributed by atoms with Crippen LogP contribution in [-0.2, 0) is 4.79 Å². The molecule has 4 aromatic heterocycles. The second-order valence-corrected chi connectivity index (χ2v) is 12.3. The number of allylic oxidation sites excluding steroid dienone is 1. The zero-order valence-corrected chi connectivity index (χ0v) is 27.4. The van der Waals surface area contributed by atoms with E-state index in [4.69, 9.17) is 23.2 Å². The summed E-state index contributed by atoms with van der Waals surface area (Å²) in [6, 6.07) is 9.06. The van der Waals surface area contributed by atoms with Crippen LogP contribution < -0.4 is 33.0 Å². The van der Waals surface area contributed by atoms with Gasteiger partial charge in [0.1, 0.15) is 17.1 Å². The topological polar surface area (TPSA) is 183 Å². The van der Waals surface area contributed by atoms with Gasteiger partial charge in [-0.25, -0.2) is 19.9 Å². The van der Waals surface area contributed by atoms with E-state index >= 15 is 0 Å². The number of carbonyl (C=O) groups is 1. The van der Waals surface area contributed by atoms with Crippen LogP contribution in [0.2, 0.25) is 5.02 Å². The SMILES string of the molecule is CC1CCCC(n2cnc(-c3cc(Cl)ccc3N(N)/C=C(\N)C(F)(F)F)cc2=O)c2cc(ccn2)-c2nn(-c3cc(=O)[nH]cc3F)cc2NC1=O. The molecule has 5 heterocycles. The lowest BCUT2D eigenvalue weighted by Crippen LogP contribution is -2.30. The zero-order valence-electron chi connectivity index (χ0n) is 26.7. The number of H-pyrrole nitrogens is 1. The number of nitrogens with two attached hydrogens (primary N) is 2. The Morgan fingerprint density at radius 2 is 1.88 bits per heavy atom. The Balaban J connectivity index is 1.42. The van der Waals surface area contributed by atoms with Gasteiger partial charge in [0.2, 0.25) is 11.5 Å². The highest BCUT2D eigenvalue weighted by Gasteiger charge is 2.32. The molecule has 2 atom stereocenters. The fraction of sp³-hybridized carbons (Fsp3) is 0.212. The summed E-state index contributed by atoms with van der Waals surface area (Å²) in [5.41, 5.74) is 4.25. The quantitative estimate of drug-likeness (QED) is 0.110. The molecule has 13 nitrogen and oxygen atoms in total. The predicted octanol–water partition coefficient (Wildman–Crippen LogP) is 5.03. The van der Waals surface area contributed by atoms with Gasteiger partial charge in [0.05, 0.1) is 41.3 Å². The van der Waals surface area contributed by atoms with E-state index in [9.17, 15) is 31.9 Å². The molecule has 0 radical (unpaired) electrons. The summed E-state index contributed by atoms with van der Waals surface area (Å²) >= 11 is 6.21. The third-order valence-corrected chi connectivity index (χ3v) is 8.56. The first-order valence-electron chi connectivity index (χ1n) is 15.4. The number of amides is 1. The van der Waals surface area contributed by atoms with Crippen LogP contribution >= 0.6 is 11.6 Å². The van der Waals surface area contributed by atoms with Crippen LogP contribution in [0.1, 0.15) is 37.9 Å². The van der Waals surface area contributed by atoms with Crippen molar-refractivity contribution in [3.05, 3.63) is 117 Å². The average molecular weight is 725 g/mol. The summed E-state index contributed by atoms with van der Waals surface area (Å²) in [6.45, 7) is 1.75. The number of hydrogen-bond acceptors (Lipinski definition) is 9. The fourth-order valence-electron chi connectivity index (χ4n) is 5.66. The number of benzene rings is 1. The molecule has 1 aliphatic heterocycles. The van der Waals surface area contributed by atoms with Gasteiger partial charge in [0, 0.05) is 52.8 Å². The number of aromatic nitrogens is 6. The van der Waals surface area contributed by atoms with Crippen molar-refractivity contribution in [2.75, 3.05) is 10.3 Å². The summed E-state index contributed by atoms with van der Waals surface area (Å²) in [5, 5.41) is 8.25. The van der Waals surface area contributed by atoms with Gasteiger partial charge in [0.15, 0.2) is 5.82 Å². The van der Waals surface area contributed by atoms with Gasteiger partial charge in [0.25, 0.3) is 5.56 Å². The average Bonchev–Trinajstić information content (AvgIpc) is 3.50. The molecule has 0 saturated heterocycles. The van der Waals surface area contributed by atoms with Crippen molar-refractivity contribution in [1.29, 1.82) is 0 Å². The summed E-state index contributed by atoms with van der Waals surface area (Å²) in [4.78, 5) is 50.2. The van der Waals surface area contributed by atoms with E-state index in [0.717, 1.165) is 16.9 Å². The maximum absolute atomic E-state index is 14.7. The van der Waals surface area contributed by atoms with E-state index in [-0.39, 0.29) is 44.9 Å². The third kappa shape index (κ3) is 7.39. The number of nitrogens with zero attached hydrogens (tertiary/aromatic N) is 6. The Hall–Kier alpha value is -5.81. The number of rotatable bonds is 5. The van der Waals surface area contributed by atoms with E-state index in [0.29, 0.717) is 41.7 Å². The number of aromatic amines is 1. The standard InChI is InChI=1S/C33H29ClF4N10O3/c1-17-3-2-4-26(46-16-43-22(11-30(46)50)20-10-19(34)5-6-25(20)47(40)15-28(39)33(36,37)38)23-9-18(7-8-41-23)31-24(44-32(17)51)14-48(45-31)27-12-29(49)42-13-21(27)35/h5-17,26H,2-4,39-40H2,1H3,(H,42,49)(H,44,51)/b28-15-. The van der Waals surface area contributed by atoms with E-state index in [1.807, 2.05) is 0 Å². The lowest BCUT2D eigenvalue weighted by molar-refractivity contribution is -0.119. The number of hydrogen-bond donors (Lipinski definition) is 4. The number of alkyl halides is 3. The minimum Gasteiger partial charge on any atom is -0.393 e. The molecule has 1 aliphatic rings. The molecular weight excluding hydrogens is 696 g/mol. The van der Waals surface area contributed by atoms with Gasteiger partial charge in [-0.2, -0.15) is 18.3 Å². The van der Waals surface area contributed by atoms with Gasteiger partial charge >= 0.3 is 6.18 Å². The van der Waals surface area contributed by atoms with Crippen molar-refractivity contribution in [3.63, 3.8) is 0 Å². The lowest BCUT2D eigenvalue weighted by atomic mass is 9.97. The van der Waals surface area contributed by atoms with Crippen LogP contribution in [0.5, 0.6) is 0 Å². The number of carbonyl (C=O) groups excluding carboxylic acids is 1. The lowest BCUT2D eigenvalue weighted by Gasteiger charge is -2.22. The maximum atomic E-state index is 14.7. The third-order valence-electron chi connectivity index (χ3n) is 8.32. The first kappa shape index (κ1) is 35.0. The Kier molecular flexibility index (Phi) is 9.50. The Morgan fingerprint density at radius 1 is 1.10 bits per heavy atom. The molecule has 6 N–H and O–H groups in total. The van der Waals surface area contributed by atoms with Crippen molar-refractivity contribution in [3.8, 4) is 28.2 Å². The van der Waals surface area contributed by atoms with Gasteiger partial charge in [-0.05, 0) is 43.2 Å². The Morgan fingerprint density at radius 3 is 2.63 bits per heavy atom. The van der Waals surface area contributed by atoms with Crippen LogP contribution in [0.15, 0.2) is 88.9 Å². The van der Waals surface area contributed by atoms with Crippen molar-refractivity contribution < 1.29 is 22.4 Å². The molecule has 0 spiro atoms. The molecule has 51 heavy (non-hydrogen) atoms. The molecule has 18 heteroatoms. The number of halogens is 5. The molecule has 2 bridgehead atoms. The summed E-state index contributed by atoms with van der Waals surface area (Å²) in [5.74, 6) is 4.41. The van der Waals surface area contributed by atoms with Crippen LogP contribution in [-0.4, -0.2) is 41.4 Å². The molecule has 5 aromatic rings. The summed E-state index contributed by atoms with van der Waals surface area (Å²) in [7, 11) is 0. The van der Waals surface area contributed by atoms with E-state index in [1.54, 1.807) is 19.1 Å². The van der Waals surface area contributed by atoms with Crippen molar-refractivity contribution in [2.45, 2.75) is 38.4 Å². The number of pyridine rings is 2. The second-order valence-electron chi connectivity index (χ2n) is 11.8. The van der Waals surface area contributed by atoms with E-state index in [1.165, 1.54) is 47.6 Å². The monoisotopic (exact) mass is 724 g/mol. The highest BCUT2D eigenvalue weighted by atomic mass is 35.5. The van der Waals surface area contributed by atoms with Crippen molar-refractivity contribution >= 4 is 28.9 Å². The normalized spacial score (nSPS) is 16.8. The minimum atomic E-state index is -4.83. The minimum absolute atomic E-state index is 0.0409. The van der Waals surface area contributed by atoms with Gasteiger partial charge < -0.3 is 16.0 Å². The van der Waals surface area contributed by atoms with Crippen molar-refractivity contribution in [1.82, 2.24) is 29.3 Å². The Bertz CT molecular complexity index is 2280. The highest BCUT2D eigenvalue weighted by Crippen LogP contribution is 2.35. The number of fused-ring (bicyclic) bond motifs is 4. The van der Waals surface area contributed by atoms with Crippen molar-refractivity contribution in [2.24, 2.45) is 17.5 Å². The van der Waals surface area contributed by atoms with Gasteiger partial charge in [-0.15, -0.1) is 0 Å². The first-order valence-corrected chi connectivity index (χ1v) is 15.8. The zero-order chi connectivity index (χ0) is 36.6. The smallest absolute Gasteiger partial charge is 0.393 e. The molecule has 0 saturated carbocycles. The largest absolute Gasteiger partial charge is 0.432 e. The van der Waals surface area contributed by atoms with Gasteiger partial charge in [-0.1, -0.05) is 24.9 Å². The van der Waals surface area contributed by atoms with E-state index in [2.05, 4.69) is 25.4 Å². The molecule has 2 unspecified atom stereocenters. The summed E-state index contributed by atoms with van der Waals surface area (Å²) < 4.78 is 56.6. The molecule has 264 valence electrons. The second kappa shape index (κ2) is 13.8. The first-order chi connectivity index (χ1) is 24.2. The molecular formula is C33H29ClF4N10O3. The number of nitrogens with one attached hydrogen (secondary N) is 2. The molecule has 1 amide bonds. The van der Waals surface area contributed by atoms with Crippen LogP contribution in [0, 0.1) is 11.7 Å². The Labute approximate surface area is 291 Å². The fourth-order valence-corrected chi connectivity index (χ4v) is 5.83. The molecule has 6 rings (SSSR count). The number of anilines is 2. The van der Waals surface area contributed by atoms with Crippen LogP contribution in [0.3, 0.4) is 0 Å².